The van der Waals surface area contributed by atoms with E-state index in [2.05, 4.69) is 22.3 Å². The third-order valence-corrected chi connectivity index (χ3v) is 7.41. The molecule has 3 N–H and O–H groups in total. The largest absolute Gasteiger partial charge is 0.487 e. The van der Waals surface area contributed by atoms with Gasteiger partial charge in [0, 0.05) is 28.3 Å². The summed E-state index contributed by atoms with van der Waals surface area (Å²) in [6, 6.07) is 14.4. The highest BCUT2D eigenvalue weighted by Gasteiger charge is 2.33. The van der Waals surface area contributed by atoms with Crippen molar-refractivity contribution in [2.75, 3.05) is 18.5 Å². The summed E-state index contributed by atoms with van der Waals surface area (Å²) < 4.78 is 16.6. The number of anilines is 1. The van der Waals surface area contributed by atoms with Gasteiger partial charge in [0.1, 0.15) is 30.4 Å². The fourth-order valence-electron chi connectivity index (χ4n) is 4.24. The summed E-state index contributed by atoms with van der Waals surface area (Å²) in [5.41, 5.74) is 2.59. The highest BCUT2D eigenvalue weighted by Crippen LogP contribution is 2.46. The molecule has 0 unspecified atom stereocenters. The number of aromatic nitrogens is 1. The molecule has 1 saturated carbocycles. The van der Waals surface area contributed by atoms with E-state index >= 15 is 0 Å². The summed E-state index contributed by atoms with van der Waals surface area (Å²) >= 11 is 19.6. The number of aliphatic hydroxyl groups excluding tert-OH is 1. The average Bonchev–Trinajstić information content (AvgIpc) is 3.74. The molecule has 1 fully saturated rings. The van der Waals surface area contributed by atoms with Gasteiger partial charge in [0.25, 0.3) is 0 Å². The van der Waals surface area contributed by atoms with E-state index < -0.39 is 12.1 Å². The predicted molar refractivity (Wildman–Crippen MR) is 161 cm³/mol. The van der Waals surface area contributed by atoms with Crippen molar-refractivity contribution < 1.29 is 33.8 Å². The van der Waals surface area contributed by atoms with Crippen molar-refractivity contribution in [1.29, 1.82) is 0 Å². The second-order valence-electron chi connectivity index (χ2n) is 9.49. The van der Waals surface area contributed by atoms with Gasteiger partial charge in [-0.3, -0.25) is 5.32 Å². The zero-order valence-corrected chi connectivity index (χ0v) is 24.6. The Morgan fingerprint density at radius 2 is 1.79 bits per heavy atom. The van der Waals surface area contributed by atoms with E-state index in [-0.39, 0.29) is 42.0 Å². The molecule has 12 heteroatoms. The van der Waals surface area contributed by atoms with Crippen molar-refractivity contribution in [1.82, 2.24) is 5.16 Å². The van der Waals surface area contributed by atoms with Crippen LogP contribution in [0, 0.1) is 11.8 Å². The number of amides is 1. The molecular weight excluding hydrogens is 619 g/mol. The highest BCUT2D eigenvalue weighted by atomic mass is 35.5. The van der Waals surface area contributed by atoms with Crippen molar-refractivity contribution in [3.05, 3.63) is 97.7 Å². The normalized spacial score (nSPS) is 12.3. The van der Waals surface area contributed by atoms with Gasteiger partial charge >= 0.3 is 12.1 Å². The standard InChI is InChI=1S/C31H23Cl3N2O7/c32-23-4-2-5-24(33)26(23)28-22(29(43-36-28)19-9-10-19)16-42-25-6-1-3-18(27(25)34)8-7-17-13-20(30(38)39)15-21(14-17)35-31(40)41-12-11-37/h1-6,13-15,19,37H,9-12,16H2,(H,35,40)(H,38,39). The second-order valence-corrected chi connectivity index (χ2v) is 10.7. The smallest absolute Gasteiger partial charge is 0.411 e. The van der Waals surface area contributed by atoms with Crippen LogP contribution in [0.4, 0.5) is 10.5 Å². The van der Waals surface area contributed by atoms with Crippen LogP contribution in [0.15, 0.2) is 59.1 Å². The van der Waals surface area contributed by atoms with E-state index in [9.17, 15) is 14.7 Å². The topological polar surface area (TPSA) is 131 Å². The first-order valence-corrected chi connectivity index (χ1v) is 14.2. The van der Waals surface area contributed by atoms with Crippen molar-refractivity contribution in [2.24, 2.45) is 0 Å². The van der Waals surface area contributed by atoms with Gasteiger partial charge in [0.2, 0.25) is 0 Å². The molecule has 1 aliphatic carbocycles. The molecule has 0 atom stereocenters. The maximum Gasteiger partial charge on any atom is 0.411 e. The van der Waals surface area contributed by atoms with E-state index in [1.54, 1.807) is 36.4 Å². The minimum absolute atomic E-state index is 0.0882. The molecule has 0 aliphatic heterocycles. The Morgan fingerprint density at radius 3 is 2.49 bits per heavy atom. The summed E-state index contributed by atoms with van der Waals surface area (Å²) in [6.45, 7) is -0.465. The molecule has 3 aromatic carbocycles. The maximum atomic E-state index is 11.9. The van der Waals surface area contributed by atoms with Crippen LogP contribution in [0.25, 0.3) is 11.3 Å². The fraction of sp³-hybridized carbons (Fsp3) is 0.194. The van der Waals surface area contributed by atoms with Crippen molar-refractivity contribution in [2.45, 2.75) is 25.4 Å². The fourth-order valence-corrected chi connectivity index (χ4v) is 5.05. The number of carboxylic acids is 1. The third-order valence-electron chi connectivity index (χ3n) is 6.39. The van der Waals surface area contributed by atoms with Gasteiger partial charge in [-0.2, -0.15) is 0 Å². The number of carbonyl (C=O) groups excluding carboxylic acids is 1. The number of aromatic carboxylic acids is 1. The zero-order valence-electron chi connectivity index (χ0n) is 22.3. The zero-order chi connectivity index (χ0) is 30.5. The molecule has 0 spiro atoms. The van der Waals surface area contributed by atoms with Gasteiger partial charge in [0.15, 0.2) is 0 Å². The number of benzene rings is 3. The van der Waals surface area contributed by atoms with Crippen molar-refractivity contribution in [3.63, 3.8) is 0 Å². The maximum absolute atomic E-state index is 11.9. The Kier molecular flexibility index (Phi) is 9.43. The Morgan fingerprint density at radius 1 is 1.05 bits per heavy atom. The van der Waals surface area contributed by atoms with E-state index in [1.165, 1.54) is 18.2 Å². The van der Waals surface area contributed by atoms with Gasteiger partial charge in [-0.1, -0.05) is 63.9 Å². The molecule has 0 radical (unpaired) electrons. The van der Waals surface area contributed by atoms with Crippen LogP contribution < -0.4 is 10.1 Å². The average molecular weight is 642 g/mol. The Labute approximate surface area is 261 Å². The van der Waals surface area contributed by atoms with Crippen molar-refractivity contribution in [3.8, 4) is 28.8 Å². The molecule has 1 heterocycles. The summed E-state index contributed by atoms with van der Waals surface area (Å²) in [7, 11) is 0. The number of nitrogens with zero attached hydrogens (tertiary/aromatic N) is 1. The van der Waals surface area contributed by atoms with E-state index in [4.69, 9.17) is 53.9 Å². The molecule has 9 nitrogen and oxygen atoms in total. The molecule has 1 amide bonds. The van der Waals surface area contributed by atoms with Gasteiger partial charge in [-0.15, -0.1) is 0 Å². The lowest BCUT2D eigenvalue weighted by molar-refractivity contribution is 0.0696. The molecule has 4 aromatic rings. The summed E-state index contributed by atoms with van der Waals surface area (Å²) in [4.78, 5) is 23.5. The van der Waals surface area contributed by atoms with Crippen LogP contribution in [0.2, 0.25) is 15.1 Å². The first-order valence-electron chi connectivity index (χ1n) is 13.0. The molecule has 0 bridgehead atoms. The molecule has 43 heavy (non-hydrogen) atoms. The second kappa shape index (κ2) is 13.4. The van der Waals surface area contributed by atoms with Crippen LogP contribution in [0.3, 0.4) is 0 Å². The van der Waals surface area contributed by atoms with Gasteiger partial charge in [-0.25, -0.2) is 9.59 Å². The number of carbonyl (C=O) groups is 2. The summed E-state index contributed by atoms with van der Waals surface area (Å²) in [5.74, 6) is 5.94. The Bertz CT molecular complexity index is 1740. The number of carboxylic acid groups (broad SMARTS) is 1. The number of rotatable bonds is 9. The van der Waals surface area contributed by atoms with E-state index in [0.29, 0.717) is 38.2 Å². The molecule has 1 aromatic heterocycles. The molecule has 220 valence electrons. The lowest BCUT2D eigenvalue weighted by Gasteiger charge is -2.11. The quantitative estimate of drug-likeness (QED) is 0.161. The number of halogens is 3. The number of aliphatic hydroxyl groups is 1. The van der Waals surface area contributed by atoms with Gasteiger partial charge in [0.05, 0.1) is 32.8 Å². The summed E-state index contributed by atoms with van der Waals surface area (Å²) in [5, 5.41) is 26.1. The monoisotopic (exact) mass is 640 g/mol. The van der Waals surface area contributed by atoms with Crippen molar-refractivity contribution >= 4 is 52.6 Å². The summed E-state index contributed by atoms with van der Waals surface area (Å²) in [6.07, 6.45) is 1.11. The third kappa shape index (κ3) is 7.24. The molecular formula is C31H23Cl3N2O7. The van der Waals surface area contributed by atoms with E-state index in [0.717, 1.165) is 24.2 Å². The number of hydrogen-bond donors (Lipinski definition) is 3. The minimum atomic E-state index is -1.21. The van der Waals surface area contributed by atoms with Crippen LogP contribution in [0.1, 0.15) is 51.6 Å². The van der Waals surface area contributed by atoms with Crippen LogP contribution in [0.5, 0.6) is 5.75 Å². The van der Waals surface area contributed by atoms with Gasteiger partial charge in [-0.05, 0) is 55.3 Å². The molecule has 1 aliphatic rings. The number of ether oxygens (including phenoxy) is 2. The number of nitrogens with one attached hydrogen (secondary N) is 1. The van der Waals surface area contributed by atoms with E-state index in [1.807, 2.05) is 0 Å². The van der Waals surface area contributed by atoms with Crippen LogP contribution in [-0.2, 0) is 11.3 Å². The first-order chi connectivity index (χ1) is 20.7. The molecule has 0 saturated heterocycles. The predicted octanol–water partition coefficient (Wildman–Crippen LogP) is 7.40. The number of hydrogen-bond acceptors (Lipinski definition) is 7. The minimum Gasteiger partial charge on any atom is -0.487 e. The Hall–Kier alpha value is -4.20. The highest BCUT2D eigenvalue weighted by molar-refractivity contribution is 6.39. The Balaban J connectivity index is 1.40. The van der Waals surface area contributed by atoms with Crippen LogP contribution >= 0.6 is 34.8 Å². The lowest BCUT2D eigenvalue weighted by Crippen LogP contribution is -2.16. The lowest BCUT2D eigenvalue weighted by atomic mass is 10.0. The first kappa shape index (κ1) is 30.3. The van der Waals surface area contributed by atoms with Gasteiger partial charge < -0.3 is 24.2 Å². The molecule has 5 rings (SSSR count). The van der Waals surface area contributed by atoms with Crippen LogP contribution in [-0.4, -0.2) is 40.6 Å². The SMILES string of the molecule is O=C(Nc1cc(C#Cc2cccc(OCc3c(-c4c(Cl)cccc4Cl)noc3C3CC3)c2Cl)cc(C(=O)O)c1)OCCO.